The minimum absolute atomic E-state index is 0.175. The van der Waals surface area contributed by atoms with Gasteiger partial charge in [0, 0.05) is 0 Å². The van der Waals surface area contributed by atoms with Gasteiger partial charge in [-0.2, -0.15) is 0 Å². The summed E-state index contributed by atoms with van der Waals surface area (Å²) in [7, 11) is 0. The molecule has 0 spiro atoms. The lowest BCUT2D eigenvalue weighted by molar-refractivity contribution is 0.152. The molecule has 1 aliphatic carbocycles. The molecule has 0 N–H and O–H groups in total. The highest BCUT2D eigenvalue weighted by Crippen LogP contribution is 2.47. The average molecular weight is 244 g/mol. The number of rotatable bonds is 2. The molecule has 0 amide bonds. The molecule has 1 nitrogen and oxygen atoms in total. The average Bonchev–Trinajstić information content (AvgIpc) is 2.86. The molecule has 0 bridgehead atoms. The molecule has 0 aromatic carbocycles. The van der Waals surface area contributed by atoms with Crippen LogP contribution >= 0.6 is 15.9 Å². The van der Waals surface area contributed by atoms with Crippen LogP contribution in [0.25, 0.3) is 0 Å². The molecule has 1 unspecified atom stereocenters. The number of halogens is 2. The van der Waals surface area contributed by atoms with E-state index in [0.717, 1.165) is 12.8 Å². The van der Waals surface area contributed by atoms with E-state index in [-0.39, 0.29) is 5.92 Å². The van der Waals surface area contributed by atoms with E-state index < -0.39 is 5.67 Å². The van der Waals surface area contributed by atoms with Gasteiger partial charge in [-0.3, -0.25) is 0 Å². The van der Waals surface area contributed by atoms with Crippen molar-refractivity contribution in [2.45, 2.75) is 25.4 Å². The summed E-state index contributed by atoms with van der Waals surface area (Å²) in [5, 5.41) is 0. The molecule has 1 atom stereocenters. The van der Waals surface area contributed by atoms with Crippen LogP contribution in [-0.4, -0.2) is 4.98 Å². The van der Waals surface area contributed by atoms with E-state index in [0.29, 0.717) is 10.3 Å². The Kier molecular flexibility index (Phi) is 2.14. The third-order valence-corrected chi connectivity index (χ3v) is 3.00. The molecule has 1 aromatic heterocycles. The summed E-state index contributed by atoms with van der Waals surface area (Å²) in [4.78, 5) is 4.15. The van der Waals surface area contributed by atoms with Crippen molar-refractivity contribution in [3.63, 3.8) is 0 Å². The molecule has 0 aliphatic heterocycles. The molecule has 70 valence electrons. The van der Waals surface area contributed by atoms with E-state index in [1.54, 1.807) is 13.0 Å². The normalized spacial score (nSPS) is 21.2. The van der Waals surface area contributed by atoms with Gasteiger partial charge in [-0.1, -0.05) is 6.07 Å². The highest BCUT2D eigenvalue weighted by molar-refractivity contribution is 9.10. The summed E-state index contributed by atoms with van der Waals surface area (Å²) < 4.78 is 14.8. The predicted molar refractivity (Wildman–Crippen MR) is 53.1 cm³/mol. The maximum atomic E-state index is 14.1. The van der Waals surface area contributed by atoms with Gasteiger partial charge in [0.15, 0.2) is 5.67 Å². The monoisotopic (exact) mass is 243 g/mol. The smallest absolute Gasteiger partial charge is 0.152 e. The molecular formula is C10H11BrFN. The van der Waals surface area contributed by atoms with Crippen molar-refractivity contribution in [1.82, 2.24) is 4.98 Å². The lowest BCUT2D eigenvalue weighted by atomic mass is 9.98. The van der Waals surface area contributed by atoms with Gasteiger partial charge in [0.2, 0.25) is 0 Å². The molecule has 1 aromatic rings. The van der Waals surface area contributed by atoms with Crippen molar-refractivity contribution < 1.29 is 4.39 Å². The van der Waals surface area contributed by atoms with Gasteiger partial charge in [-0.15, -0.1) is 0 Å². The first kappa shape index (κ1) is 9.13. The molecule has 3 heteroatoms. The Labute approximate surface area is 85.5 Å². The Bertz CT molecular complexity index is 320. The maximum absolute atomic E-state index is 14.1. The van der Waals surface area contributed by atoms with E-state index in [2.05, 4.69) is 20.9 Å². The lowest BCUT2D eigenvalue weighted by Crippen LogP contribution is -2.19. The molecule has 0 radical (unpaired) electrons. The van der Waals surface area contributed by atoms with E-state index in [9.17, 15) is 4.39 Å². The first-order valence-electron chi connectivity index (χ1n) is 4.42. The second-order valence-electron chi connectivity index (χ2n) is 3.70. The van der Waals surface area contributed by atoms with Crippen LogP contribution in [-0.2, 0) is 5.67 Å². The number of hydrogen-bond acceptors (Lipinski definition) is 1. The van der Waals surface area contributed by atoms with Gasteiger partial charge in [0.05, 0.1) is 5.69 Å². The van der Waals surface area contributed by atoms with Crippen molar-refractivity contribution in [2.75, 3.05) is 0 Å². The van der Waals surface area contributed by atoms with Crippen LogP contribution in [0, 0.1) is 5.92 Å². The van der Waals surface area contributed by atoms with Gasteiger partial charge in [0.25, 0.3) is 0 Å². The molecule has 1 saturated carbocycles. The van der Waals surface area contributed by atoms with Crippen molar-refractivity contribution in [1.29, 1.82) is 0 Å². The van der Waals surface area contributed by atoms with Crippen LogP contribution < -0.4 is 0 Å². The van der Waals surface area contributed by atoms with Gasteiger partial charge >= 0.3 is 0 Å². The van der Waals surface area contributed by atoms with Crippen LogP contribution in [0.2, 0.25) is 0 Å². The second-order valence-corrected chi connectivity index (χ2v) is 4.51. The van der Waals surface area contributed by atoms with Gasteiger partial charge in [-0.25, -0.2) is 9.37 Å². The van der Waals surface area contributed by atoms with Crippen LogP contribution in [0.4, 0.5) is 4.39 Å². The Morgan fingerprint density at radius 3 is 2.77 bits per heavy atom. The molecule has 2 rings (SSSR count). The number of hydrogen-bond donors (Lipinski definition) is 0. The quantitative estimate of drug-likeness (QED) is 0.726. The van der Waals surface area contributed by atoms with E-state index >= 15 is 0 Å². The van der Waals surface area contributed by atoms with Crippen LogP contribution in [0.3, 0.4) is 0 Å². The zero-order valence-electron chi connectivity index (χ0n) is 7.43. The maximum Gasteiger partial charge on any atom is 0.152 e. The largest absolute Gasteiger partial charge is 0.243 e. The number of alkyl halides is 1. The first-order valence-corrected chi connectivity index (χ1v) is 5.22. The van der Waals surface area contributed by atoms with Crippen LogP contribution in [0.5, 0.6) is 0 Å². The van der Waals surface area contributed by atoms with Crippen molar-refractivity contribution in [3.05, 3.63) is 28.5 Å². The standard InChI is InChI=1S/C10H11BrFN/c1-10(12,7-5-6-7)8-3-2-4-9(11)13-8/h2-4,7H,5-6H2,1H3. The Morgan fingerprint density at radius 2 is 2.23 bits per heavy atom. The fourth-order valence-electron chi connectivity index (χ4n) is 1.52. The van der Waals surface area contributed by atoms with Gasteiger partial charge < -0.3 is 0 Å². The Morgan fingerprint density at radius 1 is 1.54 bits per heavy atom. The second kappa shape index (κ2) is 3.05. The van der Waals surface area contributed by atoms with Crippen molar-refractivity contribution >= 4 is 15.9 Å². The van der Waals surface area contributed by atoms with Crippen molar-refractivity contribution in [3.8, 4) is 0 Å². The third-order valence-electron chi connectivity index (χ3n) is 2.56. The zero-order valence-corrected chi connectivity index (χ0v) is 9.01. The summed E-state index contributed by atoms with van der Waals surface area (Å²) in [6, 6.07) is 5.39. The number of nitrogens with zero attached hydrogens (tertiary/aromatic N) is 1. The van der Waals surface area contributed by atoms with E-state index in [1.165, 1.54) is 0 Å². The molecule has 1 heterocycles. The van der Waals surface area contributed by atoms with E-state index in [1.807, 2.05) is 12.1 Å². The van der Waals surface area contributed by atoms with Crippen LogP contribution in [0.1, 0.15) is 25.5 Å². The number of aromatic nitrogens is 1. The molecule has 1 fully saturated rings. The summed E-state index contributed by atoms with van der Waals surface area (Å²) in [5.41, 5.74) is -0.701. The molecule has 0 saturated heterocycles. The molecular weight excluding hydrogens is 233 g/mol. The topological polar surface area (TPSA) is 12.9 Å². The highest BCUT2D eigenvalue weighted by atomic mass is 79.9. The third kappa shape index (κ3) is 1.75. The van der Waals surface area contributed by atoms with Crippen LogP contribution in [0.15, 0.2) is 22.8 Å². The number of pyridine rings is 1. The SMILES string of the molecule is CC(F)(c1cccc(Br)n1)C1CC1. The minimum Gasteiger partial charge on any atom is -0.243 e. The fraction of sp³-hybridized carbons (Fsp3) is 0.500. The molecule has 13 heavy (non-hydrogen) atoms. The summed E-state index contributed by atoms with van der Waals surface area (Å²) >= 11 is 3.25. The highest BCUT2D eigenvalue weighted by Gasteiger charge is 2.44. The Balaban J connectivity index is 2.33. The zero-order chi connectivity index (χ0) is 9.47. The Hall–Kier alpha value is -0.440. The summed E-state index contributed by atoms with van der Waals surface area (Å²) in [5.74, 6) is 0.175. The van der Waals surface area contributed by atoms with E-state index in [4.69, 9.17) is 0 Å². The fourth-order valence-corrected chi connectivity index (χ4v) is 1.86. The molecule has 1 aliphatic rings. The van der Waals surface area contributed by atoms with Gasteiger partial charge in [0.1, 0.15) is 4.60 Å². The first-order chi connectivity index (χ1) is 6.10. The lowest BCUT2D eigenvalue weighted by Gasteiger charge is -2.18. The van der Waals surface area contributed by atoms with Crippen molar-refractivity contribution in [2.24, 2.45) is 5.92 Å². The summed E-state index contributed by atoms with van der Waals surface area (Å²) in [6.45, 7) is 1.62. The minimum atomic E-state index is -1.25. The summed E-state index contributed by atoms with van der Waals surface area (Å²) in [6.07, 6.45) is 1.97. The predicted octanol–water partition coefficient (Wildman–Crippen LogP) is 3.44. The van der Waals surface area contributed by atoms with Gasteiger partial charge in [-0.05, 0) is 53.7 Å².